The maximum Gasteiger partial charge on any atom is 0.253 e. The van der Waals surface area contributed by atoms with Crippen LogP contribution in [0, 0.1) is 5.82 Å². The highest BCUT2D eigenvalue weighted by molar-refractivity contribution is 6.05. The molecule has 7 nitrogen and oxygen atoms in total. The molecule has 2 heterocycles. The second kappa shape index (κ2) is 8.38. The minimum Gasteiger partial charge on any atom is -0.497 e. The van der Waals surface area contributed by atoms with Crippen LogP contribution in [-0.2, 0) is 16.1 Å². The highest BCUT2D eigenvalue weighted by atomic mass is 19.1. The number of methoxy groups -OCH3 is 1. The molecule has 0 fully saturated rings. The lowest BCUT2D eigenvalue weighted by atomic mass is 10.1. The van der Waals surface area contributed by atoms with Crippen molar-refractivity contribution in [2.24, 2.45) is 0 Å². The molecule has 2 amide bonds. The van der Waals surface area contributed by atoms with Crippen LogP contribution in [0.5, 0.6) is 5.75 Å². The molecule has 0 saturated carbocycles. The van der Waals surface area contributed by atoms with Crippen molar-refractivity contribution in [2.75, 3.05) is 17.3 Å². The van der Waals surface area contributed by atoms with Crippen LogP contribution in [0.2, 0.25) is 0 Å². The third-order valence-electron chi connectivity index (χ3n) is 5.71. The Kier molecular flexibility index (Phi) is 5.26. The molecule has 166 valence electrons. The number of hydrogen-bond donors (Lipinski definition) is 1. The fraction of sp³-hybridized carbons (Fsp3) is 0.160. The van der Waals surface area contributed by atoms with E-state index in [4.69, 9.17) is 4.74 Å². The van der Waals surface area contributed by atoms with E-state index in [-0.39, 0.29) is 18.0 Å². The summed E-state index contributed by atoms with van der Waals surface area (Å²) in [6, 6.07) is 20.1. The van der Waals surface area contributed by atoms with Crippen molar-refractivity contribution in [3.63, 3.8) is 0 Å². The molecule has 0 saturated heterocycles. The Labute approximate surface area is 189 Å². The smallest absolute Gasteiger partial charge is 0.253 e. The zero-order valence-electron chi connectivity index (χ0n) is 17.9. The van der Waals surface area contributed by atoms with Crippen molar-refractivity contribution in [3.05, 3.63) is 84.2 Å². The minimum atomic E-state index is -0.780. The number of amides is 2. The van der Waals surface area contributed by atoms with Gasteiger partial charge in [0, 0.05) is 0 Å². The first kappa shape index (κ1) is 20.7. The molecule has 0 unspecified atom stereocenters. The van der Waals surface area contributed by atoms with Crippen LogP contribution < -0.4 is 15.0 Å². The maximum absolute atomic E-state index is 14.0. The molecule has 1 N–H and O–H groups in total. The topological polar surface area (TPSA) is 76.5 Å². The van der Waals surface area contributed by atoms with E-state index in [0.717, 1.165) is 22.3 Å². The van der Waals surface area contributed by atoms with Gasteiger partial charge in [-0.1, -0.05) is 36.4 Å². The van der Waals surface area contributed by atoms with Gasteiger partial charge in [-0.15, -0.1) is 0 Å². The van der Waals surface area contributed by atoms with E-state index in [2.05, 4.69) is 10.3 Å². The van der Waals surface area contributed by atoms with Crippen LogP contribution in [0.4, 0.5) is 16.0 Å². The first-order valence-corrected chi connectivity index (χ1v) is 10.5. The highest BCUT2D eigenvalue weighted by Gasteiger charge is 2.40. The number of nitrogens with zero attached hydrogens (tertiary/aromatic N) is 3. The van der Waals surface area contributed by atoms with Gasteiger partial charge in [0.2, 0.25) is 11.9 Å². The fourth-order valence-electron chi connectivity index (χ4n) is 4.10. The summed E-state index contributed by atoms with van der Waals surface area (Å²) < 4.78 is 21.0. The molecule has 1 aromatic heterocycles. The van der Waals surface area contributed by atoms with Crippen molar-refractivity contribution in [1.82, 2.24) is 9.55 Å². The zero-order valence-corrected chi connectivity index (χ0v) is 17.9. The summed E-state index contributed by atoms with van der Waals surface area (Å²) in [7, 11) is 1.60. The summed E-state index contributed by atoms with van der Waals surface area (Å²) >= 11 is 0. The van der Waals surface area contributed by atoms with Crippen LogP contribution in [0.3, 0.4) is 0 Å². The summed E-state index contributed by atoms with van der Waals surface area (Å²) in [6.45, 7) is 0.303. The van der Waals surface area contributed by atoms with Crippen LogP contribution in [-0.4, -0.2) is 28.5 Å². The van der Waals surface area contributed by atoms with Crippen molar-refractivity contribution in [2.45, 2.75) is 19.0 Å². The van der Waals surface area contributed by atoms with Gasteiger partial charge >= 0.3 is 0 Å². The van der Waals surface area contributed by atoms with Gasteiger partial charge in [-0.25, -0.2) is 9.37 Å². The van der Waals surface area contributed by atoms with Crippen molar-refractivity contribution in [3.8, 4) is 5.75 Å². The molecule has 5 rings (SSSR count). The second-order valence-corrected chi connectivity index (χ2v) is 7.79. The van der Waals surface area contributed by atoms with Crippen molar-refractivity contribution in [1.29, 1.82) is 0 Å². The lowest BCUT2D eigenvalue weighted by Crippen LogP contribution is -2.31. The first-order chi connectivity index (χ1) is 16.0. The molecular weight excluding hydrogens is 423 g/mol. The summed E-state index contributed by atoms with van der Waals surface area (Å²) in [4.78, 5) is 32.5. The monoisotopic (exact) mass is 444 g/mol. The Bertz CT molecular complexity index is 1350. The van der Waals surface area contributed by atoms with E-state index in [1.807, 2.05) is 48.5 Å². The maximum atomic E-state index is 14.0. The number of fused-ring (bicyclic) bond motifs is 3. The lowest BCUT2D eigenvalue weighted by molar-refractivity contribution is -0.124. The zero-order chi connectivity index (χ0) is 22.9. The normalized spacial score (nSPS) is 15.0. The number of rotatable bonds is 6. The number of para-hydroxylation sites is 3. The average molecular weight is 444 g/mol. The Balaban J connectivity index is 1.46. The summed E-state index contributed by atoms with van der Waals surface area (Å²) in [5.41, 5.74) is 2.49. The van der Waals surface area contributed by atoms with E-state index in [0.29, 0.717) is 12.5 Å². The number of benzene rings is 3. The third-order valence-corrected chi connectivity index (χ3v) is 5.71. The number of anilines is 2. The number of carbonyl (C=O) groups excluding carboxylic acids is 2. The third kappa shape index (κ3) is 3.80. The quantitative estimate of drug-likeness (QED) is 0.481. The number of halogens is 1. The number of imidazole rings is 1. The molecule has 1 atom stereocenters. The molecule has 4 aromatic rings. The Morgan fingerprint density at radius 1 is 1.06 bits per heavy atom. The number of nitrogens with one attached hydrogen (secondary N) is 1. The molecule has 8 heteroatoms. The van der Waals surface area contributed by atoms with Gasteiger partial charge in [-0.3, -0.25) is 19.1 Å². The van der Waals surface area contributed by atoms with E-state index >= 15 is 0 Å². The molecule has 0 aliphatic carbocycles. The van der Waals surface area contributed by atoms with Crippen LogP contribution >= 0.6 is 0 Å². The van der Waals surface area contributed by atoms with Gasteiger partial charge in [0.1, 0.15) is 17.6 Å². The van der Waals surface area contributed by atoms with Gasteiger partial charge in [0.25, 0.3) is 5.91 Å². The van der Waals surface area contributed by atoms with Gasteiger partial charge < -0.3 is 10.1 Å². The highest BCUT2D eigenvalue weighted by Crippen LogP contribution is 2.37. The molecule has 3 aromatic carbocycles. The predicted octanol–water partition coefficient (Wildman–Crippen LogP) is 4.30. The van der Waals surface area contributed by atoms with Crippen LogP contribution in [0.25, 0.3) is 11.0 Å². The van der Waals surface area contributed by atoms with Crippen molar-refractivity contribution >= 4 is 34.5 Å². The standard InChI is InChI=1S/C25H21FN4O3/c1-33-17-12-10-16(11-13-17)15-29-24(32)22(14-23(31)27-19-7-3-2-6-18(19)26)30-21-9-5-4-8-20(21)28-25(29)30/h2-13,22H,14-15H2,1H3,(H,27,31)/t22-/m1/s1. The van der Waals surface area contributed by atoms with E-state index in [1.54, 1.807) is 28.7 Å². The minimum absolute atomic E-state index is 0.0822. The fourth-order valence-corrected chi connectivity index (χ4v) is 4.10. The van der Waals surface area contributed by atoms with E-state index < -0.39 is 17.8 Å². The van der Waals surface area contributed by atoms with Crippen LogP contribution in [0.15, 0.2) is 72.8 Å². The van der Waals surface area contributed by atoms with E-state index in [9.17, 15) is 14.0 Å². The van der Waals surface area contributed by atoms with Gasteiger partial charge in [-0.05, 0) is 42.0 Å². The first-order valence-electron chi connectivity index (χ1n) is 10.5. The Morgan fingerprint density at radius 2 is 1.79 bits per heavy atom. The molecule has 33 heavy (non-hydrogen) atoms. The van der Waals surface area contributed by atoms with E-state index in [1.165, 1.54) is 12.1 Å². The summed E-state index contributed by atoms with van der Waals surface area (Å²) in [5, 5.41) is 2.57. The lowest BCUT2D eigenvalue weighted by Gasteiger charge is -2.16. The Hall–Kier alpha value is -4.20. The second-order valence-electron chi connectivity index (χ2n) is 7.79. The largest absolute Gasteiger partial charge is 0.497 e. The Morgan fingerprint density at radius 3 is 2.55 bits per heavy atom. The number of carbonyl (C=O) groups is 2. The number of hydrogen-bond acceptors (Lipinski definition) is 4. The summed E-state index contributed by atoms with van der Waals surface area (Å²) in [6.07, 6.45) is -0.139. The average Bonchev–Trinajstić information content (AvgIpc) is 3.32. The molecule has 1 aliphatic rings. The molecule has 0 spiro atoms. The summed E-state index contributed by atoms with van der Waals surface area (Å²) in [5.74, 6) is -0.00290. The molecule has 0 radical (unpaired) electrons. The SMILES string of the molecule is COc1ccc(CN2C(=O)[C@@H](CC(=O)Nc3ccccc3F)n3c2nc2ccccc23)cc1. The van der Waals surface area contributed by atoms with Crippen molar-refractivity contribution < 1.29 is 18.7 Å². The molecular formula is C25H21FN4O3. The number of ether oxygens (including phenoxy) is 1. The molecule has 0 bridgehead atoms. The van der Waals surface area contributed by atoms with Crippen LogP contribution in [0.1, 0.15) is 18.0 Å². The predicted molar refractivity (Wildman–Crippen MR) is 123 cm³/mol. The molecule has 1 aliphatic heterocycles. The number of aromatic nitrogens is 2. The van der Waals surface area contributed by atoms with Gasteiger partial charge in [0.15, 0.2) is 0 Å². The van der Waals surface area contributed by atoms with Gasteiger partial charge in [0.05, 0.1) is 36.8 Å². The van der Waals surface area contributed by atoms with Gasteiger partial charge in [-0.2, -0.15) is 0 Å².